The fourth-order valence-electron chi connectivity index (χ4n) is 3.69. The van der Waals surface area contributed by atoms with Gasteiger partial charge in [0.2, 0.25) is 5.91 Å². The van der Waals surface area contributed by atoms with Gasteiger partial charge >= 0.3 is 16.4 Å². The molecule has 3 aliphatic rings. The lowest BCUT2D eigenvalue weighted by Crippen LogP contribution is -2.52. The first-order valence-corrected chi connectivity index (χ1v) is 9.99. The summed E-state index contributed by atoms with van der Waals surface area (Å²) in [6, 6.07) is -1.92. The molecule has 3 fully saturated rings. The molecule has 0 aromatic rings. The van der Waals surface area contributed by atoms with Crippen LogP contribution in [0.5, 0.6) is 0 Å². The Labute approximate surface area is 151 Å². The lowest BCUT2D eigenvalue weighted by molar-refractivity contribution is -0.123. The molecule has 146 valence electrons. The quantitative estimate of drug-likeness (QED) is 0.286. The van der Waals surface area contributed by atoms with E-state index in [1.54, 1.807) is 0 Å². The average molecular weight is 389 g/mol. The molecular formula is C14H23N5O6S. The minimum absolute atomic E-state index is 0.0836. The maximum Gasteiger partial charge on any atom is 0.418 e. The Balaban J connectivity index is 1.62. The van der Waals surface area contributed by atoms with Crippen LogP contribution in [-0.4, -0.2) is 72.4 Å². The molecule has 26 heavy (non-hydrogen) atoms. The number of hydrogen-bond acceptors (Lipinski definition) is 7. The lowest BCUT2D eigenvalue weighted by Gasteiger charge is -2.31. The van der Waals surface area contributed by atoms with Crippen molar-refractivity contribution in [3.63, 3.8) is 0 Å². The molecule has 0 spiro atoms. The second-order valence-electron chi connectivity index (χ2n) is 6.81. The van der Waals surface area contributed by atoms with E-state index >= 15 is 0 Å². The number of piperidine rings is 1. The van der Waals surface area contributed by atoms with E-state index in [4.69, 9.17) is 9.96 Å². The van der Waals surface area contributed by atoms with Gasteiger partial charge in [0.1, 0.15) is 5.84 Å². The number of amidine groups is 1. The van der Waals surface area contributed by atoms with Crippen molar-refractivity contribution in [2.75, 3.05) is 19.6 Å². The zero-order valence-corrected chi connectivity index (χ0v) is 15.0. The zero-order valence-electron chi connectivity index (χ0n) is 14.2. The third-order valence-electron chi connectivity index (χ3n) is 5.01. The van der Waals surface area contributed by atoms with Crippen LogP contribution in [-0.2, 0) is 19.5 Å². The molecule has 12 heteroatoms. The number of hydroxylamine groups is 2. The van der Waals surface area contributed by atoms with Gasteiger partial charge in [-0.25, -0.2) is 4.79 Å². The van der Waals surface area contributed by atoms with E-state index in [0.717, 1.165) is 25.8 Å². The third kappa shape index (κ3) is 4.14. The molecule has 3 aliphatic heterocycles. The van der Waals surface area contributed by atoms with Crippen molar-refractivity contribution in [2.24, 2.45) is 5.92 Å². The summed E-state index contributed by atoms with van der Waals surface area (Å²) in [7, 11) is -4.81. The van der Waals surface area contributed by atoms with Crippen LogP contribution < -0.4 is 10.6 Å². The second kappa shape index (κ2) is 7.47. The topological polar surface area (TPSA) is 152 Å². The first-order chi connectivity index (χ1) is 12.3. The highest BCUT2D eigenvalue weighted by Crippen LogP contribution is 2.30. The van der Waals surface area contributed by atoms with E-state index in [1.807, 2.05) is 0 Å². The fraction of sp³-hybridized carbons (Fsp3) is 0.786. The number of nitrogens with zero attached hydrogens (tertiary/aromatic N) is 2. The van der Waals surface area contributed by atoms with E-state index in [9.17, 15) is 18.0 Å². The molecular weight excluding hydrogens is 366 g/mol. The van der Waals surface area contributed by atoms with Gasteiger partial charge in [0, 0.05) is 13.1 Å². The van der Waals surface area contributed by atoms with Crippen molar-refractivity contribution >= 4 is 28.2 Å². The highest BCUT2D eigenvalue weighted by molar-refractivity contribution is 7.80. The second-order valence-corrected chi connectivity index (χ2v) is 7.81. The summed E-state index contributed by atoms with van der Waals surface area (Å²) in [6.45, 7) is 1.60. The average Bonchev–Trinajstić information content (AvgIpc) is 2.79. The van der Waals surface area contributed by atoms with Crippen molar-refractivity contribution in [3.05, 3.63) is 0 Å². The molecule has 3 unspecified atom stereocenters. The van der Waals surface area contributed by atoms with Crippen molar-refractivity contribution < 1.29 is 26.8 Å². The number of hydrogen-bond donors (Lipinski definition) is 4. The normalized spacial score (nSPS) is 29.4. The van der Waals surface area contributed by atoms with Gasteiger partial charge in [0.25, 0.3) is 0 Å². The number of rotatable bonds is 4. The molecule has 3 atom stereocenters. The van der Waals surface area contributed by atoms with Crippen LogP contribution >= 0.6 is 0 Å². The largest absolute Gasteiger partial charge is 0.418 e. The van der Waals surface area contributed by atoms with E-state index in [2.05, 4.69) is 14.9 Å². The summed E-state index contributed by atoms with van der Waals surface area (Å²) in [4.78, 5) is 26.0. The molecule has 11 nitrogen and oxygen atoms in total. The first-order valence-electron chi connectivity index (χ1n) is 8.63. The van der Waals surface area contributed by atoms with E-state index in [1.165, 1.54) is 4.90 Å². The highest BCUT2D eigenvalue weighted by atomic mass is 32.3. The number of amides is 3. The van der Waals surface area contributed by atoms with Gasteiger partial charge in [-0.2, -0.15) is 13.5 Å². The van der Waals surface area contributed by atoms with Gasteiger partial charge in [-0.1, -0.05) is 6.42 Å². The number of carbonyl (C=O) groups is 2. The Morgan fingerprint density at radius 1 is 1.31 bits per heavy atom. The third-order valence-corrected chi connectivity index (χ3v) is 5.36. The van der Waals surface area contributed by atoms with Gasteiger partial charge in [-0.15, -0.1) is 4.28 Å². The van der Waals surface area contributed by atoms with Gasteiger partial charge in [0.05, 0.1) is 18.0 Å². The Hall–Kier alpha value is -1.76. The van der Waals surface area contributed by atoms with Crippen LogP contribution in [0.1, 0.15) is 32.1 Å². The van der Waals surface area contributed by atoms with Crippen LogP contribution in [0.4, 0.5) is 4.79 Å². The molecule has 0 aromatic heterocycles. The number of fused-ring (bicyclic) bond motifs is 2. The lowest BCUT2D eigenvalue weighted by atomic mass is 9.98. The molecule has 0 saturated carbocycles. The Morgan fingerprint density at radius 3 is 2.81 bits per heavy atom. The maximum absolute atomic E-state index is 12.4. The van der Waals surface area contributed by atoms with Crippen LogP contribution in [0.2, 0.25) is 0 Å². The molecule has 3 saturated heterocycles. The minimum atomic E-state index is -4.81. The van der Waals surface area contributed by atoms with E-state index in [0.29, 0.717) is 24.4 Å². The molecule has 0 aliphatic carbocycles. The Kier molecular flexibility index (Phi) is 5.46. The first kappa shape index (κ1) is 19.0. The predicted octanol–water partition coefficient (Wildman–Crippen LogP) is -0.527. The molecule has 3 amide bonds. The highest BCUT2D eigenvalue weighted by Gasteiger charge is 2.48. The molecule has 0 aromatic carbocycles. The van der Waals surface area contributed by atoms with Crippen LogP contribution in [0.3, 0.4) is 0 Å². The summed E-state index contributed by atoms with van der Waals surface area (Å²) >= 11 is 0. The van der Waals surface area contributed by atoms with E-state index < -0.39 is 28.5 Å². The number of nitrogens with one attached hydrogen (secondary N) is 3. The van der Waals surface area contributed by atoms with Crippen molar-refractivity contribution in [1.82, 2.24) is 20.6 Å². The molecule has 0 radical (unpaired) electrons. The van der Waals surface area contributed by atoms with Crippen molar-refractivity contribution in [1.29, 1.82) is 5.41 Å². The summed E-state index contributed by atoms with van der Waals surface area (Å²) < 4.78 is 35.0. The SMILES string of the molecule is N=C(NC(=O)C1CCCCNC1)C1CCC2CN1C(=O)N2OS(=O)(=O)O. The summed E-state index contributed by atoms with van der Waals surface area (Å²) in [6.07, 6.45) is 3.49. The molecule has 3 rings (SSSR count). The van der Waals surface area contributed by atoms with E-state index in [-0.39, 0.29) is 24.2 Å². The minimum Gasteiger partial charge on any atom is -0.316 e. The Morgan fingerprint density at radius 2 is 2.08 bits per heavy atom. The van der Waals surface area contributed by atoms with Crippen molar-refractivity contribution in [3.8, 4) is 0 Å². The standard InChI is InChI=1S/C14H23N5O6S/c15-12(17-13(20)9-3-1-2-6-16-7-9)11-5-4-10-8-18(11)14(21)19(10)25-26(22,23)24/h9-11,16H,1-8H2,(H2,15,17,20)(H,22,23,24). The van der Waals surface area contributed by atoms with Gasteiger partial charge < -0.3 is 15.5 Å². The maximum atomic E-state index is 12.4. The van der Waals surface area contributed by atoms with Crippen LogP contribution in [0.15, 0.2) is 0 Å². The molecule has 2 bridgehead atoms. The summed E-state index contributed by atoms with van der Waals surface area (Å²) in [5, 5.41) is 14.6. The van der Waals surface area contributed by atoms with Crippen molar-refractivity contribution in [2.45, 2.75) is 44.2 Å². The van der Waals surface area contributed by atoms with Gasteiger partial charge in [-0.3, -0.25) is 14.8 Å². The molecule has 4 N–H and O–H groups in total. The fourth-order valence-corrected chi connectivity index (χ4v) is 4.08. The smallest absolute Gasteiger partial charge is 0.316 e. The summed E-state index contributed by atoms with van der Waals surface area (Å²) in [5.74, 6) is -0.549. The number of urea groups is 1. The monoisotopic (exact) mass is 389 g/mol. The zero-order chi connectivity index (χ0) is 18.9. The number of carbonyl (C=O) groups excluding carboxylic acids is 2. The van der Waals surface area contributed by atoms with Crippen LogP contribution in [0.25, 0.3) is 0 Å². The van der Waals surface area contributed by atoms with Gasteiger partial charge in [-0.05, 0) is 32.2 Å². The predicted molar refractivity (Wildman–Crippen MR) is 89.5 cm³/mol. The summed E-state index contributed by atoms with van der Waals surface area (Å²) in [5.41, 5.74) is 0. The van der Waals surface area contributed by atoms with Crippen LogP contribution in [0, 0.1) is 11.3 Å². The molecule has 3 heterocycles. The Bertz CT molecular complexity index is 690. The van der Waals surface area contributed by atoms with Gasteiger partial charge in [0.15, 0.2) is 0 Å².